The lowest BCUT2D eigenvalue weighted by molar-refractivity contribution is -0.137. The van der Waals surface area contributed by atoms with Gasteiger partial charge in [-0.3, -0.25) is 0 Å². The van der Waals surface area contributed by atoms with Gasteiger partial charge in [-0.2, -0.15) is 13.2 Å². The van der Waals surface area contributed by atoms with Crippen molar-refractivity contribution >= 4 is 17.2 Å². The van der Waals surface area contributed by atoms with Crippen molar-refractivity contribution in [2.75, 3.05) is 12.4 Å². The molecule has 7 heteroatoms. The van der Waals surface area contributed by atoms with Crippen molar-refractivity contribution in [3.05, 3.63) is 29.4 Å². The van der Waals surface area contributed by atoms with E-state index in [-0.39, 0.29) is 0 Å². The van der Waals surface area contributed by atoms with Crippen LogP contribution in [0.25, 0.3) is 10.6 Å². The van der Waals surface area contributed by atoms with E-state index in [0.29, 0.717) is 27.7 Å². The van der Waals surface area contributed by atoms with Gasteiger partial charge in [0.2, 0.25) is 0 Å². The van der Waals surface area contributed by atoms with E-state index in [0.717, 1.165) is 0 Å². The Bertz CT molecular complexity index is 522. The zero-order valence-electron chi connectivity index (χ0n) is 8.75. The normalized spacial score (nSPS) is 11.5. The van der Waals surface area contributed by atoms with E-state index in [1.807, 2.05) is 0 Å². The SMILES string of the molecule is CNc1cccc(-c2cnc(C(F)(F)F)s2)n1. The Morgan fingerprint density at radius 2 is 2.06 bits per heavy atom. The van der Waals surface area contributed by atoms with Crippen LogP contribution < -0.4 is 5.32 Å². The topological polar surface area (TPSA) is 37.8 Å². The third-order valence-corrected chi connectivity index (χ3v) is 3.07. The maximum atomic E-state index is 12.4. The Kier molecular flexibility index (Phi) is 3.01. The number of nitrogens with zero attached hydrogens (tertiary/aromatic N) is 2. The van der Waals surface area contributed by atoms with Gasteiger partial charge in [0, 0.05) is 13.2 Å². The molecule has 0 unspecified atom stereocenters. The number of halogens is 3. The number of hydrogen-bond acceptors (Lipinski definition) is 4. The lowest BCUT2D eigenvalue weighted by atomic mass is 10.3. The lowest BCUT2D eigenvalue weighted by Crippen LogP contribution is -2.02. The van der Waals surface area contributed by atoms with Gasteiger partial charge in [-0.25, -0.2) is 9.97 Å². The van der Waals surface area contributed by atoms with E-state index in [2.05, 4.69) is 15.3 Å². The molecule has 0 fully saturated rings. The average molecular weight is 259 g/mol. The number of alkyl halides is 3. The molecule has 0 aliphatic carbocycles. The van der Waals surface area contributed by atoms with Gasteiger partial charge in [0.25, 0.3) is 0 Å². The molecule has 2 aromatic heterocycles. The molecule has 0 amide bonds. The van der Waals surface area contributed by atoms with Crippen LogP contribution in [0.5, 0.6) is 0 Å². The summed E-state index contributed by atoms with van der Waals surface area (Å²) in [7, 11) is 1.69. The van der Waals surface area contributed by atoms with Crippen LogP contribution in [0.15, 0.2) is 24.4 Å². The van der Waals surface area contributed by atoms with Crippen LogP contribution >= 0.6 is 11.3 Å². The van der Waals surface area contributed by atoms with Crippen molar-refractivity contribution in [2.24, 2.45) is 0 Å². The van der Waals surface area contributed by atoms with Crippen molar-refractivity contribution in [1.82, 2.24) is 9.97 Å². The summed E-state index contributed by atoms with van der Waals surface area (Å²) in [5, 5.41) is 1.97. The van der Waals surface area contributed by atoms with E-state index in [4.69, 9.17) is 0 Å². The summed E-state index contributed by atoms with van der Waals surface area (Å²) in [5.41, 5.74) is 0.477. The first-order valence-corrected chi connectivity index (χ1v) is 5.50. The highest BCUT2D eigenvalue weighted by molar-refractivity contribution is 7.15. The van der Waals surface area contributed by atoms with Gasteiger partial charge in [0.1, 0.15) is 5.82 Å². The van der Waals surface area contributed by atoms with Crippen molar-refractivity contribution in [3.8, 4) is 10.6 Å². The molecule has 17 heavy (non-hydrogen) atoms. The highest BCUT2D eigenvalue weighted by Crippen LogP contribution is 2.35. The van der Waals surface area contributed by atoms with E-state index in [1.54, 1.807) is 25.2 Å². The van der Waals surface area contributed by atoms with E-state index < -0.39 is 11.2 Å². The monoisotopic (exact) mass is 259 g/mol. The van der Waals surface area contributed by atoms with E-state index in [1.165, 1.54) is 6.20 Å². The second-order valence-corrected chi connectivity index (χ2v) is 4.22. The number of rotatable bonds is 2. The number of hydrogen-bond donors (Lipinski definition) is 1. The first-order chi connectivity index (χ1) is 8.00. The lowest BCUT2D eigenvalue weighted by Gasteiger charge is -2.01. The zero-order chi connectivity index (χ0) is 12.5. The van der Waals surface area contributed by atoms with Crippen molar-refractivity contribution in [2.45, 2.75) is 6.18 Å². The highest BCUT2D eigenvalue weighted by atomic mass is 32.1. The highest BCUT2D eigenvalue weighted by Gasteiger charge is 2.34. The van der Waals surface area contributed by atoms with Gasteiger partial charge in [0.05, 0.1) is 10.6 Å². The molecule has 0 radical (unpaired) electrons. The Morgan fingerprint density at radius 1 is 1.29 bits per heavy atom. The predicted molar refractivity (Wildman–Crippen MR) is 59.9 cm³/mol. The van der Waals surface area contributed by atoms with Gasteiger partial charge >= 0.3 is 6.18 Å². The van der Waals surface area contributed by atoms with Crippen molar-refractivity contribution in [3.63, 3.8) is 0 Å². The molecule has 1 N–H and O–H groups in total. The van der Waals surface area contributed by atoms with Crippen LogP contribution in [-0.4, -0.2) is 17.0 Å². The van der Waals surface area contributed by atoms with Gasteiger partial charge in [-0.05, 0) is 12.1 Å². The summed E-state index contributed by atoms with van der Waals surface area (Å²) in [5.74, 6) is 0.601. The molecule has 0 bridgehead atoms. The number of nitrogens with one attached hydrogen (secondary N) is 1. The molecule has 0 saturated carbocycles. The van der Waals surface area contributed by atoms with E-state index >= 15 is 0 Å². The van der Waals surface area contributed by atoms with Crippen LogP contribution in [0.1, 0.15) is 5.01 Å². The maximum absolute atomic E-state index is 12.4. The predicted octanol–water partition coefficient (Wildman–Crippen LogP) is 3.27. The van der Waals surface area contributed by atoms with E-state index in [9.17, 15) is 13.2 Å². The van der Waals surface area contributed by atoms with Crippen LogP contribution in [0.4, 0.5) is 19.0 Å². The Balaban J connectivity index is 2.37. The molecule has 2 aromatic rings. The third-order valence-electron chi connectivity index (χ3n) is 2.01. The maximum Gasteiger partial charge on any atom is 0.443 e. The summed E-state index contributed by atoms with van der Waals surface area (Å²) in [6.45, 7) is 0. The van der Waals surface area contributed by atoms with Crippen LogP contribution in [0.2, 0.25) is 0 Å². The molecule has 3 nitrogen and oxygen atoms in total. The first kappa shape index (κ1) is 11.8. The molecule has 0 atom stereocenters. The zero-order valence-corrected chi connectivity index (χ0v) is 9.56. The molecular formula is C10H8F3N3S. The van der Waals surface area contributed by atoms with Crippen LogP contribution in [0.3, 0.4) is 0 Å². The molecule has 0 spiro atoms. The van der Waals surface area contributed by atoms with Gasteiger partial charge in [-0.15, -0.1) is 11.3 Å². The second kappa shape index (κ2) is 4.33. The van der Waals surface area contributed by atoms with Gasteiger partial charge in [-0.1, -0.05) is 6.07 Å². The Morgan fingerprint density at radius 3 is 2.65 bits per heavy atom. The molecule has 2 heterocycles. The largest absolute Gasteiger partial charge is 0.443 e. The van der Waals surface area contributed by atoms with Gasteiger partial charge < -0.3 is 5.32 Å². The third kappa shape index (κ3) is 2.55. The number of anilines is 1. The minimum Gasteiger partial charge on any atom is -0.373 e. The molecule has 0 aliphatic heterocycles. The molecular weight excluding hydrogens is 251 g/mol. The Hall–Kier alpha value is -1.63. The average Bonchev–Trinajstić information content (AvgIpc) is 2.78. The Labute approximate surface area is 99.3 Å². The molecule has 90 valence electrons. The minimum atomic E-state index is -4.40. The van der Waals surface area contributed by atoms with Gasteiger partial charge in [0.15, 0.2) is 5.01 Å². The fourth-order valence-electron chi connectivity index (χ4n) is 1.23. The number of aromatic nitrogens is 2. The molecule has 0 aliphatic rings. The molecule has 0 aromatic carbocycles. The number of thiazole rings is 1. The fraction of sp³-hybridized carbons (Fsp3) is 0.200. The molecule has 0 saturated heterocycles. The summed E-state index contributed by atoms with van der Waals surface area (Å²) in [6, 6.07) is 5.10. The smallest absolute Gasteiger partial charge is 0.373 e. The summed E-state index contributed by atoms with van der Waals surface area (Å²) in [4.78, 5) is 7.90. The fourth-order valence-corrected chi connectivity index (χ4v) is 1.99. The quantitative estimate of drug-likeness (QED) is 0.899. The van der Waals surface area contributed by atoms with Crippen molar-refractivity contribution < 1.29 is 13.2 Å². The summed E-state index contributed by atoms with van der Waals surface area (Å²) >= 11 is 0.586. The number of pyridine rings is 1. The summed E-state index contributed by atoms with van der Waals surface area (Å²) < 4.78 is 37.1. The van der Waals surface area contributed by atoms with Crippen LogP contribution in [-0.2, 0) is 6.18 Å². The van der Waals surface area contributed by atoms with Crippen LogP contribution in [0, 0.1) is 0 Å². The summed E-state index contributed by atoms with van der Waals surface area (Å²) in [6.07, 6.45) is -3.21. The first-order valence-electron chi connectivity index (χ1n) is 4.69. The molecule has 2 rings (SSSR count). The van der Waals surface area contributed by atoms with Crippen molar-refractivity contribution in [1.29, 1.82) is 0 Å². The minimum absolute atomic E-state index is 0.398. The standard InChI is InChI=1S/C10H8F3N3S/c1-14-8-4-2-3-6(16-8)7-5-15-9(17-7)10(11,12)13/h2-5H,1H3,(H,14,16). The second-order valence-electron chi connectivity index (χ2n) is 3.19.